The van der Waals surface area contributed by atoms with Gasteiger partial charge in [-0.05, 0) is 42.8 Å². The lowest BCUT2D eigenvalue weighted by atomic mass is 10.1. The second-order valence-corrected chi connectivity index (χ2v) is 6.64. The minimum atomic E-state index is -0.495. The molecule has 0 spiro atoms. The van der Waals surface area contributed by atoms with Crippen LogP contribution < -0.4 is 15.2 Å². The summed E-state index contributed by atoms with van der Waals surface area (Å²) in [6.45, 7) is 1.71. The average molecular weight is 443 g/mol. The number of methoxy groups -OCH3 is 1. The number of aromatic nitrogens is 2. The van der Waals surface area contributed by atoms with Crippen molar-refractivity contribution in [3.8, 4) is 29.3 Å². The number of para-hydroxylation sites is 1. The largest absolute Gasteiger partial charge is 0.493 e. The predicted octanol–water partition coefficient (Wildman–Crippen LogP) is 3.34. The van der Waals surface area contributed by atoms with Crippen molar-refractivity contribution >= 4 is 23.4 Å². The van der Waals surface area contributed by atoms with E-state index in [0.29, 0.717) is 22.7 Å². The predicted molar refractivity (Wildman–Crippen MR) is 121 cm³/mol. The molecular formula is C24H21N5O4. The molecule has 0 amide bonds. The summed E-state index contributed by atoms with van der Waals surface area (Å²) in [7, 11) is 1.46. The molecular weight excluding hydrogens is 422 g/mol. The smallest absolute Gasteiger partial charge is 0.344 e. The maximum absolute atomic E-state index is 11.5. The van der Waals surface area contributed by atoms with E-state index >= 15 is 0 Å². The fraction of sp³-hybridized carbons (Fsp3) is 0.167. The highest BCUT2D eigenvalue weighted by Gasteiger charge is 2.20. The Balaban J connectivity index is 1.96. The Hall–Kier alpha value is -4.76. The zero-order valence-electron chi connectivity index (χ0n) is 18.1. The molecule has 2 N–H and O–H groups in total. The fourth-order valence-corrected chi connectivity index (χ4v) is 3.05. The summed E-state index contributed by atoms with van der Waals surface area (Å²) in [5.74, 6) is 0.350. The summed E-state index contributed by atoms with van der Waals surface area (Å²) in [6.07, 6.45) is 1.57. The lowest BCUT2D eigenvalue weighted by Gasteiger charge is -2.11. The van der Waals surface area contributed by atoms with Gasteiger partial charge in [-0.25, -0.2) is 9.48 Å². The molecule has 0 aliphatic heterocycles. The number of nitrogens with zero attached hydrogens (tertiary/aromatic N) is 4. The van der Waals surface area contributed by atoms with E-state index in [2.05, 4.69) is 11.2 Å². The van der Waals surface area contributed by atoms with Gasteiger partial charge in [-0.1, -0.05) is 24.3 Å². The number of carbonyl (C=O) groups excluding carboxylic acids is 1. The van der Waals surface area contributed by atoms with Crippen LogP contribution in [0, 0.1) is 22.7 Å². The average Bonchev–Trinajstić information content (AvgIpc) is 3.18. The Kier molecular flexibility index (Phi) is 7.30. The number of nitrogen functional groups attached to an aromatic ring is 1. The topological polar surface area (TPSA) is 136 Å². The Morgan fingerprint density at radius 2 is 1.94 bits per heavy atom. The number of esters is 1. The van der Waals surface area contributed by atoms with Crippen LogP contribution in [0.25, 0.3) is 17.3 Å². The molecule has 1 heterocycles. The number of ether oxygens (including phenoxy) is 3. The molecule has 0 saturated carbocycles. The summed E-state index contributed by atoms with van der Waals surface area (Å²) in [6, 6.07) is 18.1. The second kappa shape index (κ2) is 10.5. The Morgan fingerprint density at radius 1 is 1.18 bits per heavy atom. The molecule has 1 aromatic heterocycles. The van der Waals surface area contributed by atoms with Gasteiger partial charge in [0.05, 0.1) is 25.0 Å². The number of nitrogens with two attached hydrogens (primary N) is 1. The minimum Gasteiger partial charge on any atom is -0.493 e. The Morgan fingerprint density at radius 3 is 2.58 bits per heavy atom. The van der Waals surface area contributed by atoms with Crippen molar-refractivity contribution in [2.24, 2.45) is 0 Å². The monoisotopic (exact) mass is 443 g/mol. The summed E-state index contributed by atoms with van der Waals surface area (Å²) >= 11 is 0. The van der Waals surface area contributed by atoms with Crippen LogP contribution in [0.3, 0.4) is 0 Å². The van der Waals surface area contributed by atoms with Crippen molar-refractivity contribution in [3.05, 3.63) is 65.4 Å². The second-order valence-electron chi connectivity index (χ2n) is 6.64. The van der Waals surface area contributed by atoms with Gasteiger partial charge in [-0.15, -0.1) is 0 Å². The molecule has 33 heavy (non-hydrogen) atoms. The van der Waals surface area contributed by atoms with Gasteiger partial charge >= 0.3 is 5.97 Å². The van der Waals surface area contributed by atoms with Gasteiger partial charge in [0.15, 0.2) is 18.1 Å². The van der Waals surface area contributed by atoms with E-state index < -0.39 is 5.97 Å². The van der Waals surface area contributed by atoms with E-state index in [1.54, 1.807) is 43.3 Å². The molecule has 3 aromatic rings. The number of nitriles is 2. The summed E-state index contributed by atoms with van der Waals surface area (Å²) < 4.78 is 17.1. The lowest BCUT2D eigenvalue weighted by molar-refractivity contribution is -0.145. The zero-order valence-corrected chi connectivity index (χ0v) is 18.1. The molecule has 0 fully saturated rings. The van der Waals surface area contributed by atoms with Crippen molar-refractivity contribution in [1.29, 1.82) is 10.5 Å². The third-order valence-electron chi connectivity index (χ3n) is 4.56. The Bertz CT molecular complexity index is 1270. The summed E-state index contributed by atoms with van der Waals surface area (Å²) in [5, 5.41) is 23.8. The van der Waals surface area contributed by atoms with Gasteiger partial charge in [0.25, 0.3) is 0 Å². The van der Waals surface area contributed by atoms with E-state index in [1.807, 2.05) is 24.3 Å². The Labute approximate surface area is 190 Å². The molecule has 9 nitrogen and oxygen atoms in total. The first-order valence-electron chi connectivity index (χ1n) is 9.95. The summed E-state index contributed by atoms with van der Waals surface area (Å²) in [5.41, 5.74) is 7.83. The van der Waals surface area contributed by atoms with Crippen LogP contribution in [0.1, 0.15) is 23.7 Å². The van der Waals surface area contributed by atoms with Gasteiger partial charge in [0.2, 0.25) is 0 Å². The molecule has 0 bridgehead atoms. The maximum Gasteiger partial charge on any atom is 0.344 e. The molecule has 0 unspecified atom stereocenters. The highest BCUT2D eigenvalue weighted by molar-refractivity contribution is 5.91. The number of hydrogen-bond donors (Lipinski definition) is 1. The van der Waals surface area contributed by atoms with Crippen molar-refractivity contribution in [1.82, 2.24) is 9.78 Å². The molecule has 0 radical (unpaired) electrons. The van der Waals surface area contributed by atoms with Crippen LogP contribution in [0.5, 0.6) is 11.5 Å². The molecule has 2 aromatic carbocycles. The van der Waals surface area contributed by atoms with E-state index in [4.69, 9.17) is 19.9 Å². The molecule has 0 aliphatic rings. The van der Waals surface area contributed by atoms with Gasteiger partial charge in [-0.2, -0.15) is 15.6 Å². The third-order valence-corrected chi connectivity index (χ3v) is 4.56. The van der Waals surface area contributed by atoms with Crippen molar-refractivity contribution in [3.63, 3.8) is 0 Å². The van der Waals surface area contributed by atoms with Gasteiger partial charge in [0, 0.05) is 0 Å². The zero-order chi connectivity index (χ0) is 23.8. The summed E-state index contributed by atoms with van der Waals surface area (Å²) in [4.78, 5) is 11.5. The number of benzene rings is 2. The molecule has 0 saturated heterocycles. The molecule has 0 atom stereocenters. The van der Waals surface area contributed by atoms with Crippen LogP contribution in [-0.4, -0.2) is 36.1 Å². The maximum atomic E-state index is 11.5. The molecule has 166 valence electrons. The molecule has 9 heteroatoms. The SMILES string of the molecule is CCOC(=O)COc1ccc(/C=C(\C#N)c2nn(-c3ccccc3)c(N)c2C#N)cc1OC. The highest BCUT2D eigenvalue weighted by Crippen LogP contribution is 2.31. The van der Waals surface area contributed by atoms with E-state index in [-0.39, 0.29) is 35.9 Å². The van der Waals surface area contributed by atoms with Crippen molar-refractivity contribution < 1.29 is 19.0 Å². The lowest BCUT2D eigenvalue weighted by Crippen LogP contribution is -2.14. The van der Waals surface area contributed by atoms with Gasteiger partial charge < -0.3 is 19.9 Å². The number of anilines is 1. The van der Waals surface area contributed by atoms with Crippen LogP contribution in [0.2, 0.25) is 0 Å². The minimum absolute atomic E-state index is 0.105. The number of allylic oxidation sites excluding steroid dienone is 1. The third kappa shape index (κ3) is 5.12. The number of hydrogen-bond acceptors (Lipinski definition) is 8. The molecule has 0 aliphatic carbocycles. The van der Waals surface area contributed by atoms with Crippen molar-refractivity contribution in [2.75, 3.05) is 26.1 Å². The quantitative estimate of drug-likeness (QED) is 0.413. The van der Waals surface area contributed by atoms with Crippen molar-refractivity contribution in [2.45, 2.75) is 6.92 Å². The van der Waals surface area contributed by atoms with Crippen LogP contribution in [0.15, 0.2) is 48.5 Å². The first-order valence-corrected chi connectivity index (χ1v) is 9.95. The molecule has 3 rings (SSSR count). The standard InChI is InChI=1S/C24H21N5O4/c1-3-32-22(30)15-33-20-10-9-16(12-21(20)31-2)11-17(13-25)23-19(14-26)24(27)29(28-23)18-7-5-4-6-8-18/h4-12H,3,15,27H2,1-2H3/b17-11+. The highest BCUT2D eigenvalue weighted by atomic mass is 16.6. The number of carbonyl (C=O) groups is 1. The van der Waals surface area contributed by atoms with Crippen LogP contribution in [-0.2, 0) is 9.53 Å². The normalized spacial score (nSPS) is 10.7. The van der Waals surface area contributed by atoms with Crippen LogP contribution in [0.4, 0.5) is 5.82 Å². The van der Waals surface area contributed by atoms with E-state index in [0.717, 1.165) is 0 Å². The number of rotatable bonds is 8. The van der Waals surface area contributed by atoms with E-state index in [9.17, 15) is 15.3 Å². The van der Waals surface area contributed by atoms with E-state index in [1.165, 1.54) is 11.8 Å². The van der Waals surface area contributed by atoms with Crippen LogP contribution >= 0.6 is 0 Å². The van der Waals surface area contributed by atoms with Gasteiger partial charge in [0.1, 0.15) is 29.2 Å². The van der Waals surface area contributed by atoms with Gasteiger partial charge in [-0.3, -0.25) is 0 Å². The first kappa shape index (κ1) is 22.9. The fourth-order valence-electron chi connectivity index (χ4n) is 3.05. The first-order chi connectivity index (χ1) is 16.0.